The number of carbonyl (C=O) groups is 2. The van der Waals surface area contributed by atoms with E-state index < -0.39 is 12.0 Å². The molecule has 1 fully saturated rings. The molecular weight excluding hydrogens is 278 g/mol. The van der Waals surface area contributed by atoms with Crippen molar-refractivity contribution in [3.63, 3.8) is 0 Å². The largest absolute Gasteiger partial charge is 0.492 e. The Labute approximate surface area is 120 Å². The number of fused-ring (bicyclic) bond motifs is 1. The number of ether oxygens (including phenoxy) is 1. The van der Waals surface area contributed by atoms with Gasteiger partial charge < -0.3 is 14.7 Å². The van der Waals surface area contributed by atoms with Crippen LogP contribution in [0.25, 0.3) is 0 Å². The molecule has 3 rings (SSSR count). The number of carboxylic acids is 1. The third-order valence-corrected chi connectivity index (χ3v) is 4.69. The third kappa shape index (κ3) is 2.35. The number of para-hydroxylation sites is 1. The van der Waals surface area contributed by atoms with Crippen LogP contribution in [0.3, 0.4) is 0 Å². The van der Waals surface area contributed by atoms with Gasteiger partial charge in [0.15, 0.2) is 0 Å². The summed E-state index contributed by atoms with van der Waals surface area (Å²) in [5.41, 5.74) is 1.01. The quantitative estimate of drug-likeness (QED) is 0.888. The molecule has 0 aromatic heterocycles. The van der Waals surface area contributed by atoms with Crippen LogP contribution >= 0.6 is 11.8 Å². The van der Waals surface area contributed by atoms with Crippen LogP contribution in [0.2, 0.25) is 0 Å². The second-order valence-corrected chi connectivity index (χ2v) is 5.98. The van der Waals surface area contributed by atoms with Crippen molar-refractivity contribution in [3.8, 4) is 5.75 Å². The van der Waals surface area contributed by atoms with Crippen LogP contribution < -0.4 is 4.74 Å². The minimum Gasteiger partial charge on any atom is -0.492 e. The number of carboxylic acid groups (broad SMARTS) is 1. The average Bonchev–Trinajstić information content (AvgIpc) is 2.95. The van der Waals surface area contributed by atoms with Crippen LogP contribution in [0.5, 0.6) is 5.75 Å². The van der Waals surface area contributed by atoms with Crippen molar-refractivity contribution in [2.75, 3.05) is 18.2 Å². The van der Waals surface area contributed by atoms with Crippen molar-refractivity contribution in [1.29, 1.82) is 0 Å². The van der Waals surface area contributed by atoms with Crippen molar-refractivity contribution in [2.45, 2.75) is 12.5 Å². The van der Waals surface area contributed by atoms with E-state index in [0.717, 1.165) is 11.3 Å². The number of amides is 1. The second kappa shape index (κ2) is 5.36. The van der Waals surface area contributed by atoms with Gasteiger partial charge in [-0.2, -0.15) is 0 Å². The zero-order chi connectivity index (χ0) is 14.1. The van der Waals surface area contributed by atoms with Gasteiger partial charge in [-0.1, -0.05) is 18.2 Å². The molecule has 5 nitrogen and oxygen atoms in total. The van der Waals surface area contributed by atoms with Gasteiger partial charge in [-0.15, -0.1) is 11.8 Å². The molecule has 2 aliphatic heterocycles. The molecule has 0 spiro atoms. The predicted molar refractivity (Wildman–Crippen MR) is 74.7 cm³/mol. The van der Waals surface area contributed by atoms with E-state index in [-0.39, 0.29) is 11.8 Å². The summed E-state index contributed by atoms with van der Waals surface area (Å²) >= 11 is 1.48. The number of hydrogen-bond acceptors (Lipinski definition) is 4. The second-order valence-electron chi connectivity index (χ2n) is 4.98. The monoisotopic (exact) mass is 293 g/mol. The summed E-state index contributed by atoms with van der Waals surface area (Å²) in [5, 5.41) is 9.15. The molecule has 0 radical (unpaired) electrons. The maximum atomic E-state index is 12.5. The molecule has 2 atom stereocenters. The number of nitrogens with zero attached hydrogens (tertiary/aromatic N) is 1. The highest BCUT2D eigenvalue weighted by molar-refractivity contribution is 7.99. The van der Waals surface area contributed by atoms with Crippen LogP contribution in [0, 0.1) is 5.92 Å². The van der Waals surface area contributed by atoms with E-state index in [4.69, 9.17) is 9.84 Å². The van der Waals surface area contributed by atoms with E-state index in [1.54, 1.807) is 0 Å². The molecule has 1 amide bonds. The van der Waals surface area contributed by atoms with Gasteiger partial charge in [0.05, 0.1) is 11.8 Å². The molecule has 1 aromatic carbocycles. The zero-order valence-corrected chi connectivity index (χ0v) is 11.6. The lowest BCUT2D eigenvalue weighted by Gasteiger charge is -2.29. The summed E-state index contributed by atoms with van der Waals surface area (Å²) in [7, 11) is 0. The number of benzene rings is 1. The molecular formula is C14H15NO4S. The molecule has 0 bridgehead atoms. The standard InChI is InChI=1S/C14H15NO4S/c16-13(15-8-20-7-11(15)14(17)18)10-5-9-3-1-2-4-12(9)19-6-10/h1-4,10-11H,5-8H2,(H,17,18)/t10?,11-/m0/s1. The lowest BCUT2D eigenvalue weighted by Crippen LogP contribution is -2.46. The van der Waals surface area contributed by atoms with E-state index in [1.165, 1.54) is 16.7 Å². The first-order valence-electron chi connectivity index (χ1n) is 6.48. The summed E-state index contributed by atoms with van der Waals surface area (Å²) in [5.74, 6) is 0.407. The summed E-state index contributed by atoms with van der Waals surface area (Å²) in [4.78, 5) is 25.1. The summed E-state index contributed by atoms with van der Waals surface area (Å²) < 4.78 is 5.61. The fourth-order valence-electron chi connectivity index (χ4n) is 2.59. The molecule has 106 valence electrons. The maximum absolute atomic E-state index is 12.5. The van der Waals surface area contributed by atoms with Crippen molar-refractivity contribution >= 4 is 23.6 Å². The number of carbonyl (C=O) groups excluding carboxylic acids is 1. The molecule has 1 N–H and O–H groups in total. The first kappa shape index (κ1) is 13.3. The molecule has 1 unspecified atom stereocenters. The Morgan fingerprint density at radius 3 is 2.95 bits per heavy atom. The number of rotatable bonds is 2. The van der Waals surface area contributed by atoms with Gasteiger partial charge in [-0.3, -0.25) is 4.79 Å². The lowest BCUT2D eigenvalue weighted by molar-refractivity contribution is -0.150. The van der Waals surface area contributed by atoms with E-state index >= 15 is 0 Å². The van der Waals surface area contributed by atoms with Gasteiger partial charge in [0.1, 0.15) is 18.4 Å². The highest BCUT2D eigenvalue weighted by Gasteiger charge is 2.38. The Kier molecular flexibility index (Phi) is 3.56. The molecule has 1 aromatic rings. The van der Waals surface area contributed by atoms with E-state index in [2.05, 4.69) is 0 Å². The fraction of sp³-hybridized carbons (Fsp3) is 0.429. The lowest BCUT2D eigenvalue weighted by atomic mass is 9.95. The fourth-order valence-corrected chi connectivity index (χ4v) is 3.74. The predicted octanol–water partition coefficient (Wildman–Crippen LogP) is 1.22. The van der Waals surface area contributed by atoms with Crippen molar-refractivity contribution < 1.29 is 19.4 Å². The van der Waals surface area contributed by atoms with Gasteiger partial charge in [0, 0.05) is 5.75 Å². The number of thioether (sulfide) groups is 1. The molecule has 2 heterocycles. The minimum absolute atomic E-state index is 0.114. The topological polar surface area (TPSA) is 66.8 Å². The van der Waals surface area contributed by atoms with Crippen molar-refractivity contribution in [3.05, 3.63) is 29.8 Å². The Bertz CT molecular complexity index is 548. The molecule has 20 heavy (non-hydrogen) atoms. The van der Waals surface area contributed by atoms with Crippen molar-refractivity contribution in [1.82, 2.24) is 4.90 Å². The van der Waals surface area contributed by atoms with Crippen LogP contribution in [0.15, 0.2) is 24.3 Å². The molecule has 1 saturated heterocycles. The average molecular weight is 293 g/mol. The van der Waals surface area contributed by atoms with Crippen LogP contribution in [-0.4, -0.2) is 46.2 Å². The van der Waals surface area contributed by atoms with E-state index in [1.807, 2.05) is 24.3 Å². The molecule has 6 heteroatoms. The number of aliphatic carboxylic acids is 1. The highest BCUT2D eigenvalue weighted by atomic mass is 32.2. The SMILES string of the molecule is O=C(O)[C@@H]1CSCN1C(=O)C1COc2ccccc2C1. The van der Waals surface area contributed by atoms with Gasteiger partial charge in [0.25, 0.3) is 0 Å². The van der Waals surface area contributed by atoms with Gasteiger partial charge >= 0.3 is 5.97 Å². The Morgan fingerprint density at radius 1 is 1.35 bits per heavy atom. The Morgan fingerprint density at radius 2 is 2.15 bits per heavy atom. The smallest absolute Gasteiger partial charge is 0.327 e. The van der Waals surface area contributed by atoms with Gasteiger partial charge in [-0.25, -0.2) is 4.79 Å². The summed E-state index contributed by atoms with van der Waals surface area (Å²) in [6.07, 6.45) is 0.614. The Balaban J connectivity index is 1.74. The molecule has 2 aliphatic rings. The van der Waals surface area contributed by atoms with Crippen LogP contribution in [0.4, 0.5) is 0 Å². The van der Waals surface area contributed by atoms with Crippen LogP contribution in [-0.2, 0) is 16.0 Å². The first-order chi connectivity index (χ1) is 9.66. The summed E-state index contributed by atoms with van der Waals surface area (Å²) in [6, 6.07) is 6.95. The minimum atomic E-state index is -0.930. The Hall–Kier alpha value is -1.69. The van der Waals surface area contributed by atoms with E-state index in [0.29, 0.717) is 24.7 Å². The van der Waals surface area contributed by atoms with E-state index in [9.17, 15) is 9.59 Å². The normalized spacial score (nSPS) is 24.9. The van der Waals surface area contributed by atoms with Crippen molar-refractivity contribution in [2.24, 2.45) is 5.92 Å². The van der Waals surface area contributed by atoms with Crippen LogP contribution in [0.1, 0.15) is 5.56 Å². The highest BCUT2D eigenvalue weighted by Crippen LogP contribution is 2.30. The maximum Gasteiger partial charge on any atom is 0.327 e. The third-order valence-electron chi connectivity index (χ3n) is 3.68. The van der Waals surface area contributed by atoms with Gasteiger partial charge in [-0.05, 0) is 18.1 Å². The zero-order valence-electron chi connectivity index (χ0n) is 10.8. The number of hydrogen-bond donors (Lipinski definition) is 1. The molecule has 0 aliphatic carbocycles. The van der Waals surface area contributed by atoms with Gasteiger partial charge in [0.2, 0.25) is 5.91 Å². The summed E-state index contributed by atoms with van der Waals surface area (Å²) in [6.45, 7) is 0.323. The molecule has 0 saturated carbocycles. The first-order valence-corrected chi connectivity index (χ1v) is 7.64.